The number of methoxy groups -OCH3 is 1. The van der Waals surface area contributed by atoms with Crippen LogP contribution in [0.2, 0.25) is 0 Å². The predicted octanol–water partition coefficient (Wildman–Crippen LogP) is 5.30. The molecule has 0 aliphatic heterocycles. The van der Waals surface area contributed by atoms with Gasteiger partial charge in [-0.25, -0.2) is 0 Å². The number of para-hydroxylation sites is 1. The summed E-state index contributed by atoms with van der Waals surface area (Å²) in [7, 11) is 1.57. The van der Waals surface area contributed by atoms with E-state index in [0.717, 1.165) is 5.39 Å². The number of halogens is 1. The van der Waals surface area contributed by atoms with Gasteiger partial charge in [-0.1, -0.05) is 12.1 Å². The van der Waals surface area contributed by atoms with Crippen LogP contribution in [0, 0.1) is 22.7 Å². The number of carbonyl (C=O) groups excluding carboxylic acids is 2. The second kappa shape index (κ2) is 10.7. The molecule has 0 unspecified atom stereocenters. The van der Waals surface area contributed by atoms with Crippen molar-refractivity contribution in [2.45, 2.75) is 13.8 Å². The Balaban J connectivity index is 0.000000196. The third-order valence-electron chi connectivity index (χ3n) is 3.99. The van der Waals surface area contributed by atoms with Crippen molar-refractivity contribution in [1.82, 2.24) is 0 Å². The molecule has 0 spiro atoms. The summed E-state index contributed by atoms with van der Waals surface area (Å²) >= 11 is 4.64. The van der Waals surface area contributed by atoms with Gasteiger partial charge in [-0.3, -0.25) is 9.59 Å². The first kappa shape index (κ1) is 24.0. The van der Waals surface area contributed by atoms with E-state index in [1.54, 1.807) is 19.2 Å². The Hall–Kier alpha value is -4.27. The fourth-order valence-corrected chi connectivity index (χ4v) is 2.72. The summed E-state index contributed by atoms with van der Waals surface area (Å²) in [6, 6.07) is 15.3. The normalized spacial score (nSPS) is 9.56. The lowest BCUT2D eigenvalue weighted by Crippen LogP contribution is -1.91. The van der Waals surface area contributed by atoms with Gasteiger partial charge in [0.1, 0.15) is 12.1 Å². The highest BCUT2D eigenvalue weighted by Gasteiger charge is 2.14. The van der Waals surface area contributed by atoms with Crippen LogP contribution in [0.25, 0.3) is 21.9 Å². The van der Waals surface area contributed by atoms with Crippen molar-refractivity contribution >= 4 is 44.6 Å². The van der Waals surface area contributed by atoms with Gasteiger partial charge in [0.25, 0.3) is 0 Å². The monoisotopic (exact) mass is 452 g/mol. The molecule has 0 amide bonds. The molecule has 0 fully saturated rings. The molecule has 1 N–H and O–H groups in total. The molecule has 0 atom stereocenters. The number of aromatic hydroxyl groups is 1. The van der Waals surface area contributed by atoms with Crippen LogP contribution in [-0.2, 0) is 4.79 Å². The molecule has 0 radical (unpaired) electrons. The van der Waals surface area contributed by atoms with Crippen molar-refractivity contribution in [3.8, 4) is 23.6 Å². The number of fused-ring (bicyclic) bond motifs is 2. The number of hydrogen-bond acceptors (Lipinski definition) is 8. The second-order valence-corrected chi connectivity index (χ2v) is 6.76. The van der Waals surface area contributed by atoms with Crippen LogP contribution in [-0.4, -0.2) is 23.2 Å². The number of hydrogen-bond donors (Lipinski definition) is 1. The van der Waals surface area contributed by atoms with E-state index in [4.69, 9.17) is 24.1 Å². The molecule has 4 rings (SSSR count). The van der Waals surface area contributed by atoms with E-state index in [1.807, 2.05) is 24.3 Å². The van der Waals surface area contributed by atoms with Gasteiger partial charge in [0.2, 0.25) is 16.8 Å². The molecular formula is C23H17ClN2O6. The Bertz CT molecular complexity index is 1370. The number of carbonyl (C=O) groups is 2. The van der Waals surface area contributed by atoms with Gasteiger partial charge in [0.15, 0.2) is 28.4 Å². The summed E-state index contributed by atoms with van der Waals surface area (Å²) in [5, 5.41) is 27.7. The number of phenols is 1. The lowest BCUT2D eigenvalue weighted by Gasteiger charge is -1.98. The quantitative estimate of drug-likeness (QED) is 0.319. The maximum atomic E-state index is 11.3. The maximum absolute atomic E-state index is 11.3. The first-order chi connectivity index (χ1) is 15.2. The minimum Gasteiger partial charge on any atom is -0.504 e. The standard InChI is InChI=1S/C11H7NO3.C10H7NO2.C2H3ClO/c1-6(13)8-2-3-10(14)11-9(8)4-7(5-12)15-11;1-12-9-4-2-3-7-5-8(6-11)13-10(7)9;1-2(3)4/h2-4,14H,1H3;2-5H,1H3;1H3. The molecule has 32 heavy (non-hydrogen) atoms. The molecular weight excluding hydrogens is 436 g/mol. The third-order valence-corrected chi connectivity index (χ3v) is 3.99. The first-order valence-electron chi connectivity index (χ1n) is 9.01. The van der Waals surface area contributed by atoms with E-state index in [9.17, 15) is 14.7 Å². The number of nitrogens with zero attached hydrogens (tertiary/aromatic N) is 2. The van der Waals surface area contributed by atoms with Gasteiger partial charge in [-0.05, 0) is 36.7 Å². The van der Waals surface area contributed by atoms with E-state index < -0.39 is 0 Å². The molecule has 0 aliphatic carbocycles. The summed E-state index contributed by atoms with van der Waals surface area (Å²) in [4.78, 5) is 20.5. The minimum atomic E-state index is -0.361. The van der Waals surface area contributed by atoms with E-state index >= 15 is 0 Å². The van der Waals surface area contributed by atoms with Gasteiger partial charge in [0.05, 0.1) is 7.11 Å². The summed E-state index contributed by atoms with van der Waals surface area (Å²) in [5.41, 5.74) is 1.24. The predicted molar refractivity (Wildman–Crippen MR) is 117 cm³/mol. The van der Waals surface area contributed by atoms with Crippen molar-refractivity contribution in [1.29, 1.82) is 10.5 Å². The lowest BCUT2D eigenvalue weighted by atomic mass is 10.1. The number of phenolic OH excluding ortho intramolecular Hbond substituents is 1. The second-order valence-electron chi connectivity index (χ2n) is 6.23. The molecule has 0 bridgehead atoms. The average molecular weight is 453 g/mol. The van der Waals surface area contributed by atoms with Gasteiger partial charge in [-0.2, -0.15) is 10.5 Å². The van der Waals surface area contributed by atoms with Crippen LogP contribution in [0.3, 0.4) is 0 Å². The molecule has 0 saturated carbocycles. The fraction of sp³-hybridized carbons (Fsp3) is 0.130. The van der Waals surface area contributed by atoms with Crippen LogP contribution in [0.15, 0.2) is 51.3 Å². The van der Waals surface area contributed by atoms with E-state index in [-0.39, 0.29) is 28.1 Å². The molecule has 4 aromatic rings. The Morgan fingerprint density at radius 2 is 1.59 bits per heavy atom. The third kappa shape index (κ3) is 5.66. The molecule has 8 nitrogen and oxygen atoms in total. The lowest BCUT2D eigenvalue weighted by molar-refractivity contribution is -0.109. The highest BCUT2D eigenvalue weighted by Crippen LogP contribution is 2.31. The topological polar surface area (TPSA) is 137 Å². The van der Waals surface area contributed by atoms with Crippen molar-refractivity contribution in [3.05, 3.63) is 59.5 Å². The molecule has 2 aromatic heterocycles. The zero-order valence-corrected chi connectivity index (χ0v) is 18.1. The average Bonchev–Trinajstić information content (AvgIpc) is 3.38. The van der Waals surface area contributed by atoms with Gasteiger partial charge in [0, 0.05) is 35.4 Å². The number of ether oxygens (including phenoxy) is 1. The Kier molecular flexibility index (Phi) is 8.00. The number of rotatable bonds is 2. The summed E-state index contributed by atoms with van der Waals surface area (Å²) in [6.07, 6.45) is 0. The van der Waals surface area contributed by atoms with E-state index in [0.29, 0.717) is 28.0 Å². The number of benzene rings is 2. The molecule has 2 heterocycles. The highest BCUT2D eigenvalue weighted by atomic mass is 35.5. The molecule has 9 heteroatoms. The number of nitriles is 2. The molecule has 0 aliphatic rings. The first-order valence-corrected chi connectivity index (χ1v) is 9.38. The Labute approximate surface area is 187 Å². The zero-order chi connectivity index (χ0) is 23.8. The Morgan fingerprint density at radius 3 is 2.16 bits per heavy atom. The van der Waals surface area contributed by atoms with Crippen molar-refractivity contribution in [3.63, 3.8) is 0 Å². The van der Waals surface area contributed by atoms with Gasteiger partial charge < -0.3 is 18.7 Å². The van der Waals surface area contributed by atoms with Crippen LogP contribution in [0.1, 0.15) is 35.7 Å². The summed E-state index contributed by atoms with van der Waals surface area (Å²) in [5.74, 6) is 0.828. The number of Topliss-reactive ketones (excluding diaryl/α,β-unsaturated/α-hetero) is 1. The molecule has 162 valence electrons. The zero-order valence-electron chi connectivity index (χ0n) is 17.3. The summed E-state index contributed by atoms with van der Waals surface area (Å²) in [6.45, 7) is 2.71. The maximum Gasteiger partial charge on any atom is 0.218 e. The number of ketones is 1. The van der Waals surface area contributed by atoms with Crippen molar-refractivity contribution < 1.29 is 28.3 Å². The largest absolute Gasteiger partial charge is 0.504 e. The van der Waals surface area contributed by atoms with Crippen LogP contribution >= 0.6 is 11.6 Å². The summed E-state index contributed by atoms with van der Waals surface area (Å²) < 4.78 is 15.4. The Morgan fingerprint density at radius 1 is 1.00 bits per heavy atom. The van der Waals surface area contributed by atoms with Crippen molar-refractivity contribution in [2.24, 2.45) is 0 Å². The van der Waals surface area contributed by atoms with Gasteiger partial charge in [-0.15, -0.1) is 0 Å². The van der Waals surface area contributed by atoms with Crippen LogP contribution in [0.4, 0.5) is 0 Å². The van der Waals surface area contributed by atoms with Crippen LogP contribution in [0.5, 0.6) is 11.5 Å². The minimum absolute atomic E-state index is 0.0727. The van der Waals surface area contributed by atoms with E-state index in [2.05, 4.69) is 11.6 Å². The number of furan rings is 2. The highest BCUT2D eigenvalue weighted by molar-refractivity contribution is 6.62. The van der Waals surface area contributed by atoms with E-state index in [1.165, 1.54) is 32.0 Å². The molecule has 0 saturated heterocycles. The smallest absolute Gasteiger partial charge is 0.218 e. The van der Waals surface area contributed by atoms with Crippen LogP contribution < -0.4 is 4.74 Å². The van der Waals surface area contributed by atoms with Crippen molar-refractivity contribution in [2.75, 3.05) is 7.11 Å². The molecule has 2 aromatic carbocycles. The SMILES string of the molecule is CC(=O)Cl.CC(=O)c1ccc(O)c2oc(C#N)cc12.COc1cccc2cc(C#N)oc12. The fourth-order valence-electron chi connectivity index (χ4n) is 2.72. The van der Waals surface area contributed by atoms with Gasteiger partial charge >= 0.3 is 0 Å².